The zero-order valence-electron chi connectivity index (χ0n) is 12.6. The van der Waals surface area contributed by atoms with E-state index in [1.807, 2.05) is 6.07 Å². The highest BCUT2D eigenvalue weighted by Gasteiger charge is 2.52. The molecule has 1 aliphatic carbocycles. The smallest absolute Gasteiger partial charge is 0.166 e. The first-order valence-corrected chi connectivity index (χ1v) is 7.64. The Labute approximate surface area is 125 Å². The Bertz CT molecular complexity index is 613. The van der Waals surface area contributed by atoms with Crippen molar-refractivity contribution in [2.75, 3.05) is 20.7 Å². The van der Waals surface area contributed by atoms with Gasteiger partial charge in [-0.15, -0.1) is 0 Å². The molecule has 2 N–H and O–H groups in total. The number of nitrogens with two attached hydrogens (primary N) is 1. The number of hydrogen-bond acceptors (Lipinski definition) is 4. The molecular formula is C17H22N2O2. The second kappa shape index (κ2) is 4.49. The number of benzene rings is 1. The van der Waals surface area contributed by atoms with Crippen molar-refractivity contribution in [1.29, 1.82) is 0 Å². The standard InChI is InChI=1S/C17H22N2O2/c1-19-8-7-17-6-5-12(18)9-14(17)21-16-13(20-2)4-3-11(10-19)15(16)17/h3-6,12,14H,7-10,18H2,1-2H3/t12-,14-,17?/m1/s1. The molecule has 1 aromatic carbocycles. The van der Waals surface area contributed by atoms with Crippen molar-refractivity contribution in [3.05, 3.63) is 35.4 Å². The average molecular weight is 286 g/mol. The van der Waals surface area contributed by atoms with Gasteiger partial charge in [-0.1, -0.05) is 18.2 Å². The first-order valence-electron chi connectivity index (χ1n) is 7.64. The van der Waals surface area contributed by atoms with Gasteiger partial charge in [0, 0.05) is 24.6 Å². The maximum Gasteiger partial charge on any atom is 0.166 e. The molecule has 0 radical (unpaired) electrons. The Kier molecular flexibility index (Phi) is 2.81. The van der Waals surface area contributed by atoms with Gasteiger partial charge in [-0.3, -0.25) is 0 Å². The molecule has 0 bridgehead atoms. The molecule has 2 heterocycles. The van der Waals surface area contributed by atoms with E-state index in [-0.39, 0.29) is 17.6 Å². The third-order valence-corrected chi connectivity index (χ3v) is 5.20. The molecule has 0 fully saturated rings. The highest BCUT2D eigenvalue weighted by atomic mass is 16.5. The zero-order chi connectivity index (χ0) is 14.6. The van der Waals surface area contributed by atoms with Crippen molar-refractivity contribution in [3.63, 3.8) is 0 Å². The maximum atomic E-state index is 6.33. The van der Waals surface area contributed by atoms with Crippen LogP contribution in [0, 0.1) is 0 Å². The van der Waals surface area contributed by atoms with Crippen LogP contribution in [0.15, 0.2) is 24.3 Å². The Morgan fingerprint density at radius 1 is 1.43 bits per heavy atom. The minimum Gasteiger partial charge on any atom is -0.493 e. The molecule has 3 aliphatic rings. The predicted molar refractivity (Wildman–Crippen MR) is 81.8 cm³/mol. The number of rotatable bonds is 1. The predicted octanol–water partition coefficient (Wildman–Crippen LogP) is 1.82. The molecule has 3 atom stereocenters. The fourth-order valence-electron chi connectivity index (χ4n) is 4.12. The lowest BCUT2D eigenvalue weighted by atomic mass is 9.69. The normalized spacial score (nSPS) is 33.9. The summed E-state index contributed by atoms with van der Waals surface area (Å²) < 4.78 is 11.9. The first kappa shape index (κ1) is 13.2. The lowest BCUT2D eigenvalue weighted by molar-refractivity contribution is 0.134. The Morgan fingerprint density at radius 3 is 3.10 bits per heavy atom. The van der Waals surface area contributed by atoms with Gasteiger partial charge in [0.05, 0.1) is 12.5 Å². The van der Waals surface area contributed by atoms with E-state index < -0.39 is 0 Å². The first-order chi connectivity index (χ1) is 10.1. The average Bonchev–Trinajstić information content (AvgIpc) is 2.72. The van der Waals surface area contributed by atoms with Crippen LogP contribution in [-0.2, 0) is 12.0 Å². The van der Waals surface area contributed by atoms with E-state index in [0.717, 1.165) is 37.4 Å². The minimum atomic E-state index is -0.0279. The third-order valence-electron chi connectivity index (χ3n) is 5.20. The van der Waals surface area contributed by atoms with Crippen molar-refractivity contribution < 1.29 is 9.47 Å². The van der Waals surface area contributed by atoms with Gasteiger partial charge >= 0.3 is 0 Å². The summed E-state index contributed by atoms with van der Waals surface area (Å²) in [6, 6.07) is 4.31. The summed E-state index contributed by atoms with van der Waals surface area (Å²) in [6.45, 7) is 2.03. The molecule has 21 heavy (non-hydrogen) atoms. The van der Waals surface area contributed by atoms with E-state index in [1.165, 1.54) is 11.1 Å². The molecule has 1 spiro atoms. The van der Waals surface area contributed by atoms with Gasteiger partial charge in [0.2, 0.25) is 0 Å². The van der Waals surface area contributed by atoms with Crippen LogP contribution in [0.4, 0.5) is 0 Å². The molecule has 2 aliphatic heterocycles. The Morgan fingerprint density at radius 2 is 2.29 bits per heavy atom. The van der Waals surface area contributed by atoms with Gasteiger partial charge in [0.15, 0.2) is 11.5 Å². The van der Waals surface area contributed by atoms with Gasteiger partial charge in [0.1, 0.15) is 6.10 Å². The molecule has 4 rings (SSSR count). The van der Waals surface area contributed by atoms with E-state index in [2.05, 4.69) is 30.2 Å². The third kappa shape index (κ3) is 1.75. The second-order valence-electron chi connectivity index (χ2n) is 6.52. The largest absolute Gasteiger partial charge is 0.493 e. The molecule has 0 saturated heterocycles. The highest BCUT2D eigenvalue weighted by Crippen LogP contribution is 2.55. The molecule has 0 amide bonds. The lowest BCUT2D eigenvalue weighted by Crippen LogP contribution is -2.44. The second-order valence-corrected chi connectivity index (χ2v) is 6.52. The van der Waals surface area contributed by atoms with Gasteiger partial charge < -0.3 is 20.1 Å². The van der Waals surface area contributed by atoms with Crippen LogP contribution in [-0.4, -0.2) is 37.7 Å². The summed E-state index contributed by atoms with van der Waals surface area (Å²) in [6.07, 6.45) is 6.54. The Hall–Kier alpha value is -1.52. The maximum absolute atomic E-state index is 6.33. The minimum absolute atomic E-state index is 0.0279. The van der Waals surface area contributed by atoms with Crippen LogP contribution < -0.4 is 15.2 Å². The molecule has 4 heteroatoms. The molecule has 0 aromatic heterocycles. The van der Waals surface area contributed by atoms with E-state index in [9.17, 15) is 0 Å². The van der Waals surface area contributed by atoms with Crippen molar-refractivity contribution in [2.24, 2.45) is 5.73 Å². The van der Waals surface area contributed by atoms with Crippen LogP contribution >= 0.6 is 0 Å². The summed E-state index contributed by atoms with van der Waals surface area (Å²) >= 11 is 0. The van der Waals surface area contributed by atoms with Gasteiger partial charge in [0.25, 0.3) is 0 Å². The molecule has 1 aromatic rings. The van der Waals surface area contributed by atoms with E-state index in [4.69, 9.17) is 15.2 Å². The quantitative estimate of drug-likeness (QED) is 0.800. The monoisotopic (exact) mass is 286 g/mol. The number of methoxy groups -OCH3 is 1. The molecule has 1 unspecified atom stereocenters. The van der Waals surface area contributed by atoms with Crippen molar-refractivity contribution in [1.82, 2.24) is 4.90 Å². The lowest BCUT2D eigenvalue weighted by Gasteiger charge is -2.36. The van der Waals surface area contributed by atoms with Crippen LogP contribution in [0.2, 0.25) is 0 Å². The van der Waals surface area contributed by atoms with Crippen LogP contribution in [0.25, 0.3) is 0 Å². The summed E-state index contributed by atoms with van der Waals surface area (Å²) in [4.78, 5) is 2.38. The molecule has 112 valence electrons. The van der Waals surface area contributed by atoms with E-state index in [0.29, 0.717) is 0 Å². The van der Waals surface area contributed by atoms with Crippen molar-refractivity contribution >= 4 is 0 Å². The molecule has 4 nitrogen and oxygen atoms in total. The van der Waals surface area contributed by atoms with Crippen LogP contribution in [0.3, 0.4) is 0 Å². The summed E-state index contributed by atoms with van der Waals surface area (Å²) in [5.74, 6) is 1.78. The van der Waals surface area contributed by atoms with Crippen molar-refractivity contribution in [3.8, 4) is 11.5 Å². The van der Waals surface area contributed by atoms with Crippen LogP contribution in [0.1, 0.15) is 24.0 Å². The van der Waals surface area contributed by atoms with Gasteiger partial charge in [-0.25, -0.2) is 0 Å². The summed E-state index contributed by atoms with van der Waals surface area (Å²) in [5, 5.41) is 0. The van der Waals surface area contributed by atoms with E-state index >= 15 is 0 Å². The zero-order valence-corrected chi connectivity index (χ0v) is 12.6. The Balaban J connectivity index is 1.95. The number of hydrogen-bond donors (Lipinski definition) is 1. The van der Waals surface area contributed by atoms with Crippen LogP contribution in [0.5, 0.6) is 11.5 Å². The number of nitrogens with zero attached hydrogens (tertiary/aromatic N) is 1. The van der Waals surface area contributed by atoms with Gasteiger partial charge in [-0.2, -0.15) is 0 Å². The molecule has 0 saturated carbocycles. The highest BCUT2D eigenvalue weighted by molar-refractivity contribution is 5.61. The van der Waals surface area contributed by atoms with Crippen molar-refractivity contribution in [2.45, 2.75) is 36.9 Å². The summed E-state index contributed by atoms with van der Waals surface area (Å²) in [7, 11) is 3.89. The summed E-state index contributed by atoms with van der Waals surface area (Å²) in [5.41, 5.74) is 8.78. The SMILES string of the molecule is COc1ccc2c3c1O[C@@H]1C[C@H](N)C=CC31CCN(C)C2. The van der Waals surface area contributed by atoms with E-state index in [1.54, 1.807) is 7.11 Å². The van der Waals surface area contributed by atoms with Gasteiger partial charge in [-0.05, 0) is 31.6 Å². The fourth-order valence-corrected chi connectivity index (χ4v) is 4.12. The fraction of sp³-hybridized carbons (Fsp3) is 0.529. The topological polar surface area (TPSA) is 47.7 Å². The molecular weight excluding hydrogens is 264 g/mol. The number of ether oxygens (including phenoxy) is 2.